The largest absolute Gasteiger partial charge is 0.487 e. The molecule has 2 aliphatic heterocycles. The maximum absolute atomic E-state index is 12.4. The Labute approximate surface area is 152 Å². The van der Waals surface area contributed by atoms with Crippen LogP contribution in [-0.4, -0.2) is 42.5 Å². The molecule has 2 aliphatic rings. The molecular weight excluding hydrogens is 330 g/mol. The number of hydrogen-bond donors (Lipinski definition) is 1. The number of hydrogen-bond acceptors (Lipinski definition) is 5. The normalized spacial score (nSPS) is 18.6. The van der Waals surface area contributed by atoms with Crippen molar-refractivity contribution in [3.63, 3.8) is 0 Å². The van der Waals surface area contributed by atoms with Crippen LogP contribution in [0.3, 0.4) is 0 Å². The Bertz CT molecular complexity index is 845. The van der Waals surface area contributed by atoms with Gasteiger partial charge in [-0.1, -0.05) is 12.1 Å². The highest BCUT2D eigenvalue weighted by Crippen LogP contribution is 2.35. The summed E-state index contributed by atoms with van der Waals surface area (Å²) < 4.78 is 5.86. The van der Waals surface area contributed by atoms with E-state index in [1.54, 1.807) is 24.3 Å². The number of fused-ring (bicyclic) bond motifs is 2. The highest BCUT2D eigenvalue weighted by atomic mass is 16.5. The summed E-state index contributed by atoms with van der Waals surface area (Å²) >= 11 is 0. The fourth-order valence-corrected chi connectivity index (χ4v) is 3.62. The zero-order valence-electron chi connectivity index (χ0n) is 14.6. The fourth-order valence-electron chi connectivity index (χ4n) is 3.62. The number of benzene rings is 2. The van der Waals surface area contributed by atoms with E-state index in [-0.39, 0.29) is 17.9 Å². The van der Waals surface area contributed by atoms with E-state index >= 15 is 0 Å². The van der Waals surface area contributed by atoms with Crippen LogP contribution in [0.15, 0.2) is 42.5 Å². The lowest BCUT2D eigenvalue weighted by Crippen LogP contribution is -2.40. The summed E-state index contributed by atoms with van der Waals surface area (Å²) in [6.07, 6.45) is 0.761. The van der Waals surface area contributed by atoms with Crippen molar-refractivity contribution < 1.29 is 14.3 Å². The summed E-state index contributed by atoms with van der Waals surface area (Å²) in [4.78, 5) is 28.4. The Morgan fingerprint density at radius 2 is 1.77 bits per heavy atom. The summed E-state index contributed by atoms with van der Waals surface area (Å²) in [5.41, 5.74) is 8.55. The molecule has 0 bridgehead atoms. The average Bonchev–Trinajstić information content (AvgIpc) is 2.87. The Morgan fingerprint density at radius 1 is 1.08 bits per heavy atom. The lowest BCUT2D eigenvalue weighted by Gasteiger charge is -2.35. The molecule has 2 aromatic carbocycles. The number of anilines is 2. The average molecular weight is 351 g/mol. The third-order valence-corrected chi connectivity index (χ3v) is 4.82. The summed E-state index contributed by atoms with van der Waals surface area (Å²) in [5, 5.41) is 0. The van der Waals surface area contributed by atoms with Crippen LogP contribution >= 0.6 is 0 Å². The van der Waals surface area contributed by atoms with Gasteiger partial charge in [-0.3, -0.25) is 14.5 Å². The van der Waals surface area contributed by atoms with Crippen LogP contribution in [0, 0.1) is 0 Å². The van der Waals surface area contributed by atoms with Gasteiger partial charge in [-0.15, -0.1) is 0 Å². The number of carbonyl (C=O) groups is 2. The van der Waals surface area contributed by atoms with Crippen LogP contribution in [0.4, 0.5) is 11.4 Å². The van der Waals surface area contributed by atoms with E-state index in [1.807, 2.05) is 25.1 Å². The SMILES string of the molecule is CC1CN(CCCN2C(=O)c3ccccc3C2=O)c2cc(N)ccc2O1. The Kier molecular flexibility index (Phi) is 4.03. The first kappa shape index (κ1) is 16.4. The van der Waals surface area contributed by atoms with Gasteiger partial charge in [0.25, 0.3) is 11.8 Å². The quantitative estimate of drug-likeness (QED) is 0.677. The van der Waals surface area contributed by atoms with Crippen LogP contribution in [0.2, 0.25) is 0 Å². The van der Waals surface area contributed by atoms with Gasteiger partial charge in [0.1, 0.15) is 11.9 Å². The summed E-state index contributed by atoms with van der Waals surface area (Å²) in [5.74, 6) is 0.412. The smallest absolute Gasteiger partial charge is 0.261 e. The molecule has 0 radical (unpaired) electrons. The molecule has 0 spiro atoms. The number of nitrogen functional groups attached to an aromatic ring is 1. The molecule has 2 N–H and O–H groups in total. The van der Waals surface area contributed by atoms with Gasteiger partial charge in [0.2, 0.25) is 0 Å². The van der Waals surface area contributed by atoms with Crippen molar-refractivity contribution in [1.82, 2.24) is 4.90 Å². The first-order chi connectivity index (χ1) is 12.5. The fraction of sp³-hybridized carbons (Fsp3) is 0.300. The molecule has 6 heteroatoms. The first-order valence-corrected chi connectivity index (χ1v) is 8.81. The van der Waals surface area contributed by atoms with E-state index in [1.165, 1.54) is 4.90 Å². The lowest BCUT2D eigenvalue weighted by atomic mass is 10.1. The van der Waals surface area contributed by atoms with Crippen LogP contribution in [0.1, 0.15) is 34.1 Å². The van der Waals surface area contributed by atoms with Crippen molar-refractivity contribution in [1.29, 1.82) is 0 Å². The van der Waals surface area contributed by atoms with Crippen molar-refractivity contribution in [2.45, 2.75) is 19.4 Å². The van der Waals surface area contributed by atoms with E-state index in [2.05, 4.69) is 4.90 Å². The van der Waals surface area contributed by atoms with Gasteiger partial charge in [-0.05, 0) is 43.7 Å². The Balaban J connectivity index is 1.44. The van der Waals surface area contributed by atoms with Gasteiger partial charge in [0.05, 0.1) is 23.4 Å². The standard InChI is InChI=1S/C20H21N3O3/c1-13-12-22(17-11-14(21)7-8-18(17)26-13)9-4-10-23-19(24)15-5-2-3-6-16(15)20(23)25/h2-3,5-8,11,13H,4,9-10,12,21H2,1H3. The molecule has 0 aromatic heterocycles. The summed E-state index contributed by atoms with van der Waals surface area (Å²) in [6, 6.07) is 12.6. The Morgan fingerprint density at radius 3 is 2.46 bits per heavy atom. The summed E-state index contributed by atoms with van der Waals surface area (Å²) in [6.45, 7) is 3.89. The number of carbonyl (C=O) groups excluding carboxylic acids is 2. The number of ether oxygens (including phenoxy) is 1. The zero-order chi connectivity index (χ0) is 18.3. The first-order valence-electron chi connectivity index (χ1n) is 8.81. The van der Waals surface area contributed by atoms with Crippen molar-refractivity contribution >= 4 is 23.2 Å². The second kappa shape index (κ2) is 6.37. The maximum Gasteiger partial charge on any atom is 0.261 e. The molecule has 4 rings (SSSR count). The van der Waals surface area contributed by atoms with E-state index in [4.69, 9.17) is 10.5 Å². The molecular formula is C20H21N3O3. The van der Waals surface area contributed by atoms with Crippen molar-refractivity contribution in [2.75, 3.05) is 30.3 Å². The zero-order valence-corrected chi connectivity index (χ0v) is 14.6. The predicted molar refractivity (Wildman–Crippen MR) is 99.6 cm³/mol. The van der Waals surface area contributed by atoms with Crippen LogP contribution in [0.5, 0.6) is 5.75 Å². The highest BCUT2D eigenvalue weighted by molar-refractivity contribution is 6.21. The highest BCUT2D eigenvalue weighted by Gasteiger charge is 2.34. The molecule has 1 atom stereocenters. The van der Waals surface area contributed by atoms with E-state index < -0.39 is 0 Å². The lowest BCUT2D eigenvalue weighted by molar-refractivity contribution is 0.0652. The van der Waals surface area contributed by atoms with E-state index in [0.29, 0.717) is 29.8 Å². The molecule has 0 saturated heterocycles. The van der Waals surface area contributed by atoms with Gasteiger partial charge in [-0.25, -0.2) is 0 Å². The molecule has 0 aliphatic carbocycles. The second-order valence-corrected chi connectivity index (χ2v) is 6.76. The minimum Gasteiger partial charge on any atom is -0.487 e. The summed E-state index contributed by atoms with van der Waals surface area (Å²) in [7, 11) is 0. The third kappa shape index (κ3) is 2.77. The molecule has 0 fully saturated rings. The molecule has 0 saturated carbocycles. The van der Waals surface area contributed by atoms with Crippen molar-refractivity contribution in [3.8, 4) is 5.75 Å². The van der Waals surface area contributed by atoms with Gasteiger partial charge >= 0.3 is 0 Å². The van der Waals surface area contributed by atoms with Crippen molar-refractivity contribution in [3.05, 3.63) is 53.6 Å². The molecule has 6 nitrogen and oxygen atoms in total. The molecule has 26 heavy (non-hydrogen) atoms. The molecule has 2 amide bonds. The number of amides is 2. The predicted octanol–water partition coefficient (Wildman–Crippen LogP) is 2.54. The Hall–Kier alpha value is -3.02. The molecule has 2 heterocycles. The topological polar surface area (TPSA) is 75.9 Å². The van der Waals surface area contributed by atoms with Gasteiger partial charge in [-0.2, -0.15) is 0 Å². The minimum atomic E-state index is -0.203. The molecule has 2 aromatic rings. The van der Waals surface area contributed by atoms with Gasteiger partial charge < -0.3 is 15.4 Å². The second-order valence-electron chi connectivity index (χ2n) is 6.76. The monoisotopic (exact) mass is 351 g/mol. The van der Waals surface area contributed by atoms with Crippen LogP contribution in [0.25, 0.3) is 0 Å². The molecule has 134 valence electrons. The minimum absolute atomic E-state index is 0.0745. The number of imide groups is 1. The third-order valence-electron chi connectivity index (χ3n) is 4.82. The number of nitrogens with two attached hydrogens (primary N) is 1. The van der Waals surface area contributed by atoms with Crippen LogP contribution in [-0.2, 0) is 0 Å². The van der Waals surface area contributed by atoms with Crippen LogP contribution < -0.4 is 15.4 Å². The van der Waals surface area contributed by atoms with Gasteiger partial charge in [0.15, 0.2) is 0 Å². The van der Waals surface area contributed by atoms with E-state index in [0.717, 1.165) is 24.5 Å². The number of rotatable bonds is 4. The van der Waals surface area contributed by atoms with E-state index in [9.17, 15) is 9.59 Å². The number of nitrogens with zero attached hydrogens (tertiary/aromatic N) is 2. The maximum atomic E-state index is 12.4. The van der Waals surface area contributed by atoms with Gasteiger partial charge in [0, 0.05) is 18.8 Å². The van der Waals surface area contributed by atoms with Crippen molar-refractivity contribution in [2.24, 2.45) is 0 Å². The molecule has 1 unspecified atom stereocenters.